The van der Waals surface area contributed by atoms with Crippen LogP contribution >= 0.6 is 0 Å². The summed E-state index contributed by atoms with van der Waals surface area (Å²) in [5, 5.41) is 9.85. The average molecular weight is 303 g/mol. The number of rotatable bonds is 4. The molecule has 0 heterocycles. The van der Waals surface area contributed by atoms with Gasteiger partial charge in [-0.15, -0.1) is 0 Å². The summed E-state index contributed by atoms with van der Waals surface area (Å²) in [6.07, 6.45) is 0. The highest BCUT2D eigenvalue weighted by Gasteiger charge is 2.12. The van der Waals surface area contributed by atoms with Gasteiger partial charge in [0.25, 0.3) is 0 Å². The molecule has 0 unspecified atom stereocenters. The normalized spacial score (nSPS) is 10.7. The van der Waals surface area contributed by atoms with Crippen molar-refractivity contribution in [3.63, 3.8) is 0 Å². The lowest BCUT2D eigenvalue weighted by Crippen LogP contribution is -2.09. The molecule has 3 aromatic rings. The van der Waals surface area contributed by atoms with Crippen molar-refractivity contribution in [1.29, 1.82) is 0 Å². The highest BCUT2D eigenvalue weighted by Crippen LogP contribution is 2.36. The Morgan fingerprint density at radius 3 is 1.91 bits per heavy atom. The van der Waals surface area contributed by atoms with Gasteiger partial charge in [0.2, 0.25) is 0 Å². The molecular formula is C21H21NO. The Morgan fingerprint density at radius 2 is 1.30 bits per heavy atom. The molecule has 0 aliphatic heterocycles. The Labute approximate surface area is 137 Å². The third kappa shape index (κ3) is 3.37. The number of anilines is 3. The maximum absolute atomic E-state index is 9.85. The van der Waals surface area contributed by atoms with E-state index in [0.29, 0.717) is 5.92 Å². The van der Waals surface area contributed by atoms with E-state index in [1.807, 2.05) is 30.3 Å². The summed E-state index contributed by atoms with van der Waals surface area (Å²) in [5.41, 5.74) is 4.40. The van der Waals surface area contributed by atoms with Crippen LogP contribution in [0.25, 0.3) is 0 Å². The highest BCUT2D eigenvalue weighted by atomic mass is 16.3. The van der Waals surface area contributed by atoms with Crippen molar-refractivity contribution in [2.24, 2.45) is 0 Å². The lowest BCUT2D eigenvalue weighted by molar-refractivity contribution is 0.475. The van der Waals surface area contributed by atoms with Gasteiger partial charge in [-0.3, -0.25) is 0 Å². The van der Waals surface area contributed by atoms with Crippen LogP contribution in [-0.2, 0) is 0 Å². The van der Waals surface area contributed by atoms with Crippen molar-refractivity contribution in [2.45, 2.75) is 19.8 Å². The first-order valence-corrected chi connectivity index (χ1v) is 7.89. The summed E-state index contributed by atoms with van der Waals surface area (Å²) in [6, 6.07) is 26.1. The van der Waals surface area contributed by atoms with E-state index in [0.717, 1.165) is 17.1 Å². The SMILES string of the molecule is CC(C)c1ccc(N(c2ccccc2)c2cccc(O)c2)cc1. The Balaban J connectivity index is 2.08. The minimum absolute atomic E-state index is 0.266. The van der Waals surface area contributed by atoms with Crippen LogP contribution in [-0.4, -0.2) is 5.11 Å². The van der Waals surface area contributed by atoms with E-state index in [1.54, 1.807) is 12.1 Å². The first kappa shape index (κ1) is 15.2. The fourth-order valence-electron chi connectivity index (χ4n) is 2.66. The van der Waals surface area contributed by atoms with Crippen molar-refractivity contribution >= 4 is 17.1 Å². The number of hydrogen-bond acceptors (Lipinski definition) is 2. The third-order valence-corrected chi connectivity index (χ3v) is 3.92. The van der Waals surface area contributed by atoms with Crippen molar-refractivity contribution in [2.75, 3.05) is 4.90 Å². The Morgan fingerprint density at radius 1 is 0.696 bits per heavy atom. The van der Waals surface area contributed by atoms with Crippen LogP contribution in [0.5, 0.6) is 5.75 Å². The van der Waals surface area contributed by atoms with Gasteiger partial charge in [0, 0.05) is 23.1 Å². The topological polar surface area (TPSA) is 23.5 Å². The summed E-state index contributed by atoms with van der Waals surface area (Å²) in [7, 11) is 0. The smallest absolute Gasteiger partial charge is 0.117 e. The Kier molecular flexibility index (Phi) is 4.33. The number of phenols is 1. The van der Waals surface area contributed by atoms with Gasteiger partial charge in [-0.25, -0.2) is 0 Å². The largest absolute Gasteiger partial charge is 0.508 e. The molecule has 0 saturated carbocycles. The second-order valence-electron chi connectivity index (χ2n) is 5.94. The van der Waals surface area contributed by atoms with Crippen molar-refractivity contribution in [3.8, 4) is 5.75 Å². The number of aromatic hydroxyl groups is 1. The van der Waals surface area contributed by atoms with Crippen LogP contribution in [0.4, 0.5) is 17.1 Å². The van der Waals surface area contributed by atoms with Crippen LogP contribution in [0.3, 0.4) is 0 Å². The minimum Gasteiger partial charge on any atom is -0.508 e. The molecule has 0 saturated heterocycles. The standard InChI is InChI=1S/C21H21NO/c1-16(2)17-11-13-19(14-12-17)22(18-7-4-3-5-8-18)20-9-6-10-21(23)15-20/h3-16,23H,1-2H3. The summed E-state index contributed by atoms with van der Waals surface area (Å²) >= 11 is 0. The molecule has 3 rings (SSSR count). The van der Waals surface area contributed by atoms with Gasteiger partial charge < -0.3 is 10.0 Å². The lowest BCUT2D eigenvalue weighted by Gasteiger charge is -2.25. The lowest BCUT2D eigenvalue weighted by atomic mass is 10.0. The molecule has 0 atom stereocenters. The Bertz CT molecular complexity index is 763. The van der Waals surface area contributed by atoms with Gasteiger partial charge in [-0.05, 0) is 47.9 Å². The summed E-state index contributed by atoms with van der Waals surface area (Å²) < 4.78 is 0. The first-order valence-electron chi connectivity index (χ1n) is 7.89. The number of benzene rings is 3. The van der Waals surface area contributed by atoms with Crippen LogP contribution in [0, 0.1) is 0 Å². The van der Waals surface area contributed by atoms with Gasteiger partial charge in [0.15, 0.2) is 0 Å². The van der Waals surface area contributed by atoms with E-state index in [1.165, 1.54) is 5.56 Å². The highest BCUT2D eigenvalue weighted by molar-refractivity contribution is 5.77. The van der Waals surface area contributed by atoms with E-state index < -0.39 is 0 Å². The number of phenolic OH excluding ortho intramolecular Hbond substituents is 1. The molecular weight excluding hydrogens is 282 g/mol. The average Bonchev–Trinajstić information content (AvgIpc) is 2.57. The number of hydrogen-bond donors (Lipinski definition) is 1. The van der Waals surface area contributed by atoms with Gasteiger partial charge >= 0.3 is 0 Å². The summed E-state index contributed by atoms with van der Waals surface area (Å²) in [5.74, 6) is 0.775. The maximum atomic E-state index is 9.85. The quantitative estimate of drug-likeness (QED) is 0.640. The molecule has 0 spiro atoms. The van der Waals surface area contributed by atoms with E-state index in [4.69, 9.17) is 0 Å². The summed E-state index contributed by atoms with van der Waals surface area (Å²) in [4.78, 5) is 2.14. The molecule has 2 heteroatoms. The van der Waals surface area contributed by atoms with Crippen LogP contribution in [0.1, 0.15) is 25.3 Å². The molecule has 3 aromatic carbocycles. The van der Waals surface area contributed by atoms with E-state index in [9.17, 15) is 5.11 Å². The molecule has 0 radical (unpaired) electrons. The maximum Gasteiger partial charge on any atom is 0.117 e. The zero-order valence-electron chi connectivity index (χ0n) is 13.5. The van der Waals surface area contributed by atoms with E-state index in [2.05, 4.69) is 55.1 Å². The molecule has 116 valence electrons. The van der Waals surface area contributed by atoms with Crippen LogP contribution in [0.2, 0.25) is 0 Å². The van der Waals surface area contributed by atoms with E-state index in [-0.39, 0.29) is 5.75 Å². The molecule has 0 aliphatic rings. The molecule has 0 amide bonds. The van der Waals surface area contributed by atoms with Gasteiger partial charge in [-0.1, -0.05) is 50.2 Å². The van der Waals surface area contributed by atoms with E-state index >= 15 is 0 Å². The molecule has 0 fully saturated rings. The predicted octanol–water partition coefficient (Wildman–Crippen LogP) is 5.99. The van der Waals surface area contributed by atoms with Gasteiger partial charge in [0.1, 0.15) is 5.75 Å². The molecule has 0 bridgehead atoms. The second kappa shape index (κ2) is 6.57. The van der Waals surface area contributed by atoms with Crippen molar-refractivity contribution < 1.29 is 5.11 Å². The minimum atomic E-state index is 0.266. The monoisotopic (exact) mass is 303 g/mol. The van der Waals surface area contributed by atoms with Gasteiger partial charge in [-0.2, -0.15) is 0 Å². The van der Waals surface area contributed by atoms with Crippen LogP contribution in [0.15, 0.2) is 78.9 Å². The Hall–Kier alpha value is -2.74. The zero-order chi connectivity index (χ0) is 16.2. The molecule has 23 heavy (non-hydrogen) atoms. The number of nitrogens with zero attached hydrogens (tertiary/aromatic N) is 1. The number of para-hydroxylation sites is 1. The first-order chi connectivity index (χ1) is 11.1. The van der Waals surface area contributed by atoms with Gasteiger partial charge in [0.05, 0.1) is 0 Å². The molecule has 1 N–H and O–H groups in total. The third-order valence-electron chi connectivity index (χ3n) is 3.92. The fourth-order valence-corrected chi connectivity index (χ4v) is 2.66. The second-order valence-corrected chi connectivity index (χ2v) is 5.94. The van der Waals surface area contributed by atoms with Crippen molar-refractivity contribution in [3.05, 3.63) is 84.4 Å². The summed E-state index contributed by atoms with van der Waals surface area (Å²) in [6.45, 7) is 4.39. The molecule has 0 aromatic heterocycles. The predicted molar refractivity (Wildman–Crippen MR) is 96.9 cm³/mol. The fraction of sp³-hybridized carbons (Fsp3) is 0.143. The molecule has 0 aliphatic carbocycles. The molecule has 2 nitrogen and oxygen atoms in total. The van der Waals surface area contributed by atoms with Crippen LogP contribution < -0.4 is 4.90 Å². The van der Waals surface area contributed by atoms with Crippen molar-refractivity contribution in [1.82, 2.24) is 0 Å². The zero-order valence-corrected chi connectivity index (χ0v) is 13.5.